The number of nitrogens with one attached hydrogen (secondary N) is 2. The number of alkyl halides is 3. The Morgan fingerprint density at radius 2 is 2.03 bits per heavy atom. The third-order valence-electron chi connectivity index (χ3n) is 5.88. The minimum atomic E-state index is -4.21. The molecule has 3 aromatic rings. The third-order valence-corrected chi connectivity index (χ3v) is 5.88. The number of carbonyl (C=O) groups excluding carboxylic acids is 1. The third kappa shape index (κ3) is 5.67. The Kier molecular flexibility index (Phi) is 6.63. The lowest BCUT2D eigenvalue weighted by atomic mass is 10.0. The summed E-state index contributed by atoms with van der Waals surface area (Å²) in [6, 6.07) is 7.87. The van der Waals surface area contributed by atoms with Crippen LogP contribution in [0.3, 0.4) is 0 Å². The van der Waals surface area contributed by atoms with Crippen LogP contribution in [0, 0.1) is 6.92 Å². The van der Waals surface area contributed by atoms with Gasteiger partial charge in [0.15, 0.2) is 5.65 Å². The van der Waals surface area contributed by atoms with Crippen LogP contribution in [-0.2, 0) is 6.42 Å². The Bertz CT molecular complexity index is 1150. The molecule has 2 heterocycles. The van der Waals surface area contributed by atoms with E-state index in [2.05, 4.69) is 22.5 Å². The SMILES string of the molecule is CCCCc1cc(NCCC(F)(F)F)c2ncc(-c3ccc(C(=O)NC4CC4)c(C)c3)n2c1. The molecule has 33 heavy (non-hydrogen) atoms. The van der Waals surface area contributed by atoms with E-state index in [9.17, 15) is 18.0 Å². The molecule has 2 N–H and O–H groups in total. The first-order valence-electron chi connectivity index (χ1n) is 11.5. The zero-order chi connectivity index (χ0) is 23.6. The maximum absolute atomic E-state index is 12.7. The number of hydrogen-bond donors (Lipinski definition) is 2. The van der Waals surface area contributed by atoms with Crippen molar-refractivity contribution in [2.45, 2.75) is 64.6 Å². The molecule has 4 rings (SSSR count). The van der Waals surface area contributed by atoms with Crippen LogP contribution in [0.1, 0.15) is 60.5 Å². The van der Waals surface area contributed by atoms with Crippen molar-refractivity contribution >= 4 is 17.2 Å². The standard InChI is InChI=1S/C25H29F3N4O/c1-3-4-5-17-13-21(29-11-10-25(26,27)28)23-30-14-22(32(23)15-17)18-6-9-20(16(2)12-18)24(33)31-19-7-8-19/h6,9,12-15,19,29H,3-5,7-8,10-11H2,1-2H3,(H,31,33). The monoisotopic (exact) mass is 458 g/mol. The van der Waals surface area contributed by atoms with E-state index in [1.54, 1.807) is 6.20 Å². The van der Waals surface area contributed by atoms with Crippen LogP contribution in [0.2, 0.25) is 0 Å². The predicted octanol–water partition coefficient (Wildman–Crippen LogP) is 5.91. The van der Waals surface area contributed by atoms with Crippen molar-refractivity contribution in [3.8, 4) is 11.3 Å². The Morgan fingerprint density at radius 1 is 1.24 bits per heavy atom. The van der Waals surface area contributed by atoms with Crippen LogP contribution >= 0.6 is 0 Å². The van der Waals surface area contributed by atoms with Gasteiger partial charge >= 0.3 is 6.18 Å². The summed E-state index contributed by atoms with van der Waals surface area (Å²) in [4.78, 5) is 17.0. The molecule has 0 bridgehead atoms. The molecule has 0 aliphatic heterocycles. The summed E-state index contributed by atoms with van der Waals surface area (Å²) in [6.07, 6.45) is 3.52. The number of carbonyl (C=O) groups is 1. The van der Waals surface area contributed by atoms with Gasteiger partial charge < -0.3 is 10.6 Å². The molecule has 1 aliphatic carbocycles. The number of benzene rings is 1. The minimum absolute atomic E-state index is 0.0577. The number of pyridine rings is 1. The first-order valence-corrected chi connectivity index (χ1v) is 11.5. The number of imidazole rings is 1. The van der Waals surface area contributed by atoms with E-state index in [4.69, 9.17) is 0 Å². The molecule has 176 valence electrons. The van der Waals surface area contributed by atoms with Gasteiger partial charge in [0.2, 0.25) is 0 Å². The smallest absolute Gasteiger partial charge is 0.382 e. The van der Waals surface area contributed by atoms with Crippen molar-refractivity contribution in [1.82, 2.24) is 14.7 Å². The lowest BCUT2D eigenvalue weighted by Crippen LogP contribution is -2.26. The summed E-state index contributed by atoms with van der Waals surface area (Å²) in [5.41, 5.74) is 5.47. The Balaban J connectivity index is 1.66. The maximum atomic E-state index is 12.7. The lowest BCUT2D eigenvalue weighted by Gasteiger charge is -2.13. The Hall–Kier alpha value is -3.03. The quantitative estimate of drug-likeness (QED) is 0.419. The summed E-state index contributed by atoms with van der Waals surface area (Å²) in [5, 5.41) is 5.94. The fourth-order valence-electron chi connectivity index (χ4n) is 3.91. The van der Waals surface area contributed by atoms with Crippen molar-refractivity contribution in [1.29, 1.82) is 0 Å². The number of nitrogens with zero attached hydrogens (tertiary/aromatic N) is 2. The van der Waals surface area contributed by atoms with E-state index in [0.29, 0.717) is 22.9 Å². The highest BCUT2D eigenvalue weighted by atomic mass is 19.4. The number of unbranched alkanes of at least 4 members (excludes halogenated alkanes) is 1. The van der Waals surface area contributed by atoms with E-state index in [0.717, 1.165) is 54.5 Å². The number of rotatable bonds is 9. The Morgan fingerprint density at radius 3 is 2.70 bits per heavy atom. The molecule has 0 saturated heterocycles. The highest BCUT2D eigenvalue weighted by molar-refractivity contribution is 5.96. The number of halogens is 3. The van der Waals surface area contributed by atoms with Gasteiger partial charge in [0.25, 0.3) is 5.91 Å². The van der Waals surface area contributed by atoms with E-state index in [1.807, 2.05) is 41.8 Å². The summed E-state index contributed by atoms with van der Waals surface area (Å²) >= 11 is 0. The van der Waals surface area contributed by atoms with Crippen LogP contribution in [0.5, 0.6) is 0 Å². The molecule has 0 radical (unpaired) electrons. The molecular weight excluding hydrogens is 429 g/mol. The lowest BCUT2D eigenvalue weighted by molar-refractivity contribution is -0.131. The van der Waals surface area contributed by atoms with Gasteiger partial charge in [0, 0.05) is 29.9 Å². The maximum Gasteiger partial charge on any atom is 0.390 e. The molecule has 1 aliphatic rings. The van der Waals surface area contributed by atoms with Gasteiger partial charge in [-0.25, -0.2) is 4.98 Å². The van der Waals surface area contributed by atoms with Crippen LogP contribution in [-0.4, -0.2) is 34.1 Å². The number of anilines is 1. The van der Waals surface area contributed by atoms with Gasteiger partial charge in [-0.15, -0.1) is 0 Å². The van der Waals surface area contributed by atoms with Gasteiger partial charge in [0.05, 0.1) is 24.0 Å². The second-order valence-corrected chi connectivity index (χ2v) is 8.77. The van der Waals surface area contributed by atoms with E-state index in [-0.39, 0.29) is 12.5 Å². The number of fused-ring (bicyclic) bond motifs is 1. The van der Waals surface area contributed by atoms with E-state index in [1.165, 1.54) is 0 Å². The molecule has 0 unspecified atom stereocenters. The second kappa shape index (κ2) is 9.45. The molecule has 1 fully saturated rings. The predicted molar refractivity (Wildman–Crippen MR) is 124 cm³/mol. The normalized spacial score (nSPS) is 14.0. The summed E-state index contributed by atoms with van der Waals surface area (Å²) in [5.74, 6) is -0.0577. The van der Waals surface area contributed by atoms with Crippen molar-refractivity contribution in [2.75, 3.05) is 11.9 Å². The highest BCUT2D eigenvalue weighted by Gasteiger charge is 2.27. The fourth-order valence-corrected chi connectivity index (χ4v) is 3.91. The van der Waals surface area contributed by atoms with Gasteiger partial charge in [-0.3, -0.25) is 9.20 Å². The van der Waals surface area contributed by atoms with E-state index >= 15 is 0 Å². The first kappa shape index (κ1) is 23.1. The highest BCUT2D eigenvalue weighted by Crippen LogP contribution is 2.29. The van der Waals surface area contributed by atoms with Crippen molar-refractivity contribution in [2.24, 2.45) is 0 Å². The molecule has 1 amide bonds. The van der Waals surface area contributed by atoms with Crippen LogP contribution in [0.15, 0.2) is 36.7 Å². The second-order valence-electron chi connectivity index (χ2n) is 8.77. The molecule has 2 aromatic heterocycles. The van der Waals surface area contributed by atoms with Crippen LogP contribution < -0.4 is 10.6 Å². The summed E-state index contributed by atoms with van der Waals surface area (Å²) in [6.45, 7) is 3.81. The number of hydrogen-bond acceptors (Lipinski definition) is 3. The minimum Gasteiger partial charge on any atom is -0.382 e. The van der Waals surface area contributed by atoms with Gasteiger partial charge in [-0.2, -0.15) is 13.2 Å². The zero-order valence-electron chi connectivity index (χ0n) is 18.9. The number of aromatic nitrogens is 2. The van der Waals surface area contributed by atoms with Crippen LogP contribution in [0.25, 0.3) is 16.9 Å². The fraction of sp³-hybridized carbons (Fsp3) is 0.440. The molecular formula is C25H29F3N4O. The topological polar surface area (TPSA) is 58.4 Å². The molecule has 0 atom stereocenters. The van der Waals surface area contributed by atoms with Gasteiger partial charge in [-0.05, 0) is 61.9 Å². The number of amides is 1. The van der Waals surface area contributed by atoms with E-state index < -0.39 is 12.6 Å². The average Bonchev–Trinajstić information content (AvgIpc) is 3.46. The zero-order valence-corrected chi connectivity index (χ0v) is 18.9. The van der Waals surface area contributed by atoms with Crippen molar-refractivity contribution in [3.63, 3.8) is 0 Å². The number of aryl methyl sites for hydroxylation is 2. The van der Waals surface area contributed by atoms with Crippen LogP contribution in [0.4, 0.5) is 18.9 Å². The summed E-state index contributed by atoms with van der Waals surface area (Å²) < 4.78 is 39.9. The van der Waals surface area contributed by atoms with Crippen molar-refractivity contribution in [3.05, 3.63) is 53.3 Å². The average molecular weight is 459 g/mol. The Labute approximate surface area is 191 Å². The van der Waals surface area contributed by atoms with Crippen molar-refractivity contribution < 1.29 is 18.0 Å². The largest absolute Gasteiger partial charge is 0.390 e. The molecule has 8 heteroatoms. The molecule has 0 spiro atoms. The van der Waals surface area contributed by atoms with Gasteiger partial charge in [0.1, 0.15) is 0 Å². The molecule has 1 aromatic carbocycles. The summed E-state index contributed by atoms with van der Waals surface area (Å²) in [7, 11) is 0. The van der Waals surface area contributed by atoms with Gasteiger partial charge in [-0.1, -0.05) is 19.4 Å². The molecule has 1 saturated carbocycles. The first-order chi connectivity index (χ1) is 15.7. The molecule has 5 nitrogen and oxygen atoms in total.